The third-order valence-electron chi connectivity index (χ3n) is 3.25. The Hall–Kier alpha value is -3.75. The number of rotatable bonds is 7. The number of phenols is 1. The fraction of sp³-hybridized carbons (Fsp3) is 0.118. The Bertz CT molecular complexity index is 836. The molecule has 0 heterocycles. The van der Waals surface area contributed by atoms with E-state index < -0.39 is 22.3 Å². The van der Waals surface area contributed by atoms with Crippen LogP contribution in [0.5, 0.6) is 5.75 Å². The maximum absolute atomic E-state index is 11.7. The molecule has 0 aliphatic rings. The van der Waals surface area contributed by atoms with E-state index in [2.05, 4.69) is 15.8 Å². The first-order chi connectivity index (χ1) is 12.5. The van der Waals surface area contributed by atoms with Crippen LogP contribution in [0.25, 0.3) is 0 Å². The third-order valence-corrected chi connectivity index (χ3v) is 3.25. The van der Waals surface area contributed by atoms with Gasteiger partial charge in [-0.2, -0.15) is 5.10 Å². The number of hydrazone groups is 1. The van der Waals surface area contributed by atoms with E-state index in [9.17, 15) is 24.8 Å². The molecular weight excluding hydrogens is 340 g/mol. The number of amides is 2. The summed E-state index contributed by atoms with van der Waals surface area (Å²) in [5.74, 6) is -1.31. The second-order valence-corrected chi connectivity index (χ2v) is 5.24. The molecule has 0 aromatic heterocycles. The monoisotopic (exact) mass is 356 g/mol. The fourth-order valence-electron chi connectivity index (χ4n) is 2.01. The minimum atomic E-state index is -0.729. The van der Waals surface area contributed by atoms with Crippen LogP contribution in [0.3, 0.4) is 0 Å². The fourth-order valence-corrected chi connectivity index (χ4v) is 2.01. The van der Waals surface area contributed by atoms with Crippen LogP contribution in [0, 0.1) is 10.1 Å². The molecule has 26 heavy (non-hydrogen) atoms. The Labute approximate surface area is 148 Å². The molecule has 0 bridgehead atoms. The number of hydrogen-bond acceptors (Lipinski definition) is 6. The molecule has 9 heteroatoms. The topological polar surface area (TPSA) is 134 Å². The second kappa shape index (κ2) is 8.92. The van der Waals surface area contributed by atoms with Gasteiger partial charge >= 0.3 is 5.69 Å². The van der Waals surface area contributed by atoms with Crippen LogP contribution in [0.1, 0.15) is 11.1 Å². The first-order valence-corrected chi connectivity index (χ1v) is 7.55. The van der Waals surface area contributed by atoms with E-state index >= 15 is 0 Å². The first kappa shape index (κ1) is 18.6. The van der Waals surface area contributed by atoms with Crippen LogP contribution < -0.4 is 10.7 Å². The molecule has 9 nitrogen and oxygen atoms in total. The van der Waals surface area contributed by atoms with Gasteiger partial charge in [0, 0.05) is 11.6 Å². The molecule has 0 atom stereocenters. The average Bonchev–Trinajstić information content (AvgIpc) is 2.62. The van der Waals surface area contributed by atoms with Crippen molar-refractivity contribution in [2.75, 3.05) is 6.54 Å². The Morgan fingerprint density at radius 3 is 2.58 bits per heavy atom. The van der Waals surface area contributed by atoms with Gasteiger partial charge in [0.2, 0.25) is 5.91 Å². The SMILES string of the molecule is O=C(Cc1ccccc1)NCC(=O)N/N=C/c1ccc(O)c([N+](=O)[O-])c1. The van der Waals surface area contributed by atoms with Crippen molar-refractivity contribution in [1.29, 1.82) is 0 Å². The number of benzene rings is 2. The van der Waals surface area contributed by atoms with Crippen molar-refractivity contribution in [1.82, 2.24) is 10.7 Å². The number of nitrogens with one attached hydrogen (secondary N) is 2. The van der Waals surface area contributed by atoms with E-state index in [1.165, 1.54) is 12.3 Å². The van der Waals surface area contributed by atoms with Gasteiger partial charge in [0.1, 0.15) is 0 Å². The van der Waals surface area contributed by atoms with Crippen molar-refractivity contribution in [3.05, 3.63) is 69.8 Å². The van der Waals surface area contributed by atoms with Gasteiger partial charge in [0.05, 0.1) is 24.1 Å². The largest absolute Gasteiger partial charge is 0.502 e. The summed E-state index contributed by atoms with van der Waals surface area (Å²) in [6, 6.07) is 12.8. The van der Waals surface area contributed by atoms with Crippen LogP contribution >= 0.6 is 0 Å². The Kier molecular flexibility index (Phi) is 6.38. The molecular formula is C17H16N4O5. The van der Waals surface area contributed by atoms with E-state index in [0.717, 1.165) is 17.7 Å². The Balaban J connectivity index is 1.79. The summed E-state index contributed by atoms with van der Waals surface area (Å²) in [4.78, 5) is 33.4. The normalized spacial score (nSPS) is 10.5. The second-order valence-electron chi connectivity index (χ2n) is 5.24. The van der Waals surface area contributed by atoms with Gasteiger partial charge in [-0.25, -0.2) is 5.43 Å². The molecule has 0 radical (unpaired) electrons. The highest BCUT2D eigenvalue weighted by molar-refractivity contribution is 5.87. The van der Waals surface area contributed by atoms with Crippen LogP contribution in [0.4, 0.5) is 5.69 Å². The summed E-state index contributed by atoms with van der Waals surface area (Å²) in [6.07, 6.45) is 1.35. The maximum Gasteiger partial charge on any atom is 0.311 e. The van der Waals surface area contributed by atoms with E-state index in [1.807, 2.05) is 18.2 Å². The summed E-state index contributed by atoms with van der Waals surface area (Å²) < 4.78 is 0. The Morgan fingerprint density at radius 2 is 1.88 bits per heavy atom. The molecule has 134 valence electrons. The number of phenolic OH excluding ortho intramolecular Hbond substituents is 1. The van der Waals surface area contributed by atoms with E-state index in [0.29, 0.717) is 5.56 Å². The highest BCUT2D eigenvalue weighted by Crippen LogP contribution is 2.25. The van der Waals surface area contributed by atoms with Gasteiger partial charge in [-0.15, -0.1) is 0 Å². The van der Waals surface area contributed by atoms with Crippen molar-refractivity contribution in [2.24, 2.45) is 5.10 Å². The highest BCUT2D eigenvalue weighted by Gasteiger charge is 2.12. The van der Waals surface area contributed by atoms with Gasteiger partial charge < -0.3 is 10.4 Å². The van der Waals surface area contributed by atoms with Crippen molar-refractivity contribution in [3.63, 3.8) is 0 Å². The molecule has 0 unspecified atom stereocenters. The van der Waals surface area contributed by atoms with Gasteiger partial charge in [-0.3, -0.25) is 19.7 Å². The lowest BCUT2D eigenvalue weighted by Crippen LogP contribution is -2.35. The summed E-state index contributed by atoms with van der Waals surface area (Å²) >= 11 is 0. The minimum absolute atomic E-state index is 0.161. The van der Waals surface area contributed by atoms with Gasteiger partial charge in [0.25, 0.3) is 5.91 Å². The first-order valence-electron chi connectivity index (χ1n) is 7.55. The summed E-state index contributed by atoms with van der Waals surface area (Å²) in [5.41, 5.74) is 2.89. The molecule has 2 aromatic carbocycles. The molecule has 0 fully saturated rings. The molecule has 0 aliphatic carbocycles. The standard InChI is InChI=1S/C17H16N4O5/c22-15-7-6-13(8-14(15)21(25)26)10-19-20-17(24)11-18-16(23)9-12-4-2-1-3-5-12/h1-8,10,22H,9,11H2,(H,18,23)(H,20,24)/b19-10+. The zero-order valence-corrected chi connectivity index (χ0v) is 13.6. The summed E-state index contributed by atoms with van der Waals surface area (Å²) in [7, 11) is 0. The lowest BCUT2D eigenvalue weighted by atomic mass is 10.1. The quantitative estimate of drug-likeness (QED) is 0.388. The molecule has 0 saturated heterocycles. The average molecular weight is 356 g/mol. The van der Waals surface area contributed by atoms with Gasteiger partial charge in [-0.05, 0) is 17.7 Å². The Morgan fingerprint density at radius 1 is 1.15 bits per heavy atom. The molecule has 0 spiro atoms. The highest BCUT2D eigenvalue weighted by atomic mass is 16.6. The number of carbonyl (C=O) groups is 2. The molecule has 2 aromatic rings. The molecule has 2 rings (SSSR count). The summed E-state index contributed by atoms with van der Waals surface area (Å²) in [5, 5.41) is 26.2. The minimum Gasteiger partial charge on any atom is -0.502 e. The van der Waals surface area contributed by atoms with Crippen molar-refractivity contribution >= 4 is 23.7 Å². The van der Waals surface area contributed by atoms with Crippen LogP contribution in [-0.2, 0) is 16.0 Å². The number of aromatic hydroxyl groups is 1. The predicted molar refractivity (Wildman–Crippen MR) is 93.7 cm³/mol. The maximum atomic E-state index is 11.7. The van der Waals surface area contributed by atoms with Crippen molar-refractivity contribution in [2.45, 2.75) is 6.42 Å². The summed E-state index contributed by atoms with van der Waals surface area (Å²) in [6.45, 7) is -0.251. The molecule has 2 amide bonds. The van der Waals surface area contributed by atoms with Crippen LogP contribution in [0.15, 0.2) is 53.6 Å². The van der Waals surface area contributed by atoms with Gasteiger partial charge in [0.15, 0.2) is 5.75 Å². The molecule has 3 N–H and O–H groups in total. The van der Waals surface area contributed by atoms with E-state index in [4.69, 9.17) is 0 Å². The number of hydrogen-bond donors (Lipinski definition) is 3. The van der Waals surface area contributed by atoms with Crippen LogP contribution in [-0.4, -0.2) is 34.6 Å². The molecule has 0 saturated carbocycles. The number of carbonyl (C=O) groups excluding carboxylic acids is 2. The predicted octanol–water partition coefficient (Wildman–Crippen LogP) is 1.11. The number of nitro groups is 1. The van der Waals surface area contributed by atoms with Gasteiger partial charge in [-0.1, -0.05) is 30.3 Å². The van der Waals surface area contributed by atoms with Crippen molar-refractivity contribution < 1.29 is 19.6 Å². The van der Waals surface area contributed by atoms with E-state index in [-0.39, 0.29) is 18.9 Å². The van der Waals surface area contributed by atoms with E-state index in [1.54, 1.807) is 12.1 Å². The number of nitro benzene ring substituents is 1. The lowest BCUT2D eigenvalue weighted by molar-refractivity contribution is -0.385. The number of nitrogens with zero attached hydrogens (tertiary/aromatic N) is 2. The zero-order chi connectivity index (χ0) is 18.9. The smallest absolute Gasteiger partial charge is 0.311 e. The van der Waals surface area contributed by atoms with Crippen LogP contribution in [0.2, 0.25) is 0 Å². The van der Waals surface area contributed by atoms with Crippen molar-refractivity contribution in [3.8, 4) is 5.75 Å². The third kappa shape index (κ3) is 5.71. The lowest BCUT2D eigenvalue weighted by Gasteiger charge is -2.04. The zero-order valence-electron chi connectivity index (χ0n) is 13.6. The molecule has 0 aliphatic heterocycles.